The molecule has 3 aromatic rings. The molecule has 112 valence electrons. The Hall–Kier alpha value is -2.87. The van der Waals surface area contributed by atoms with Crippen LogP contribution in [0.3, 0.4) is 0 Å². The van der Waals surface area contributed by atoms with Gasteiger partial charge in [0, 0.05) is 6.20 Å². The zero-order valence-electron chi connectivity index (χ0n) is 11.2. The minimum Gasteiger partial charge on any atom is -0.502 e. The number of nitrogen functional groups attached to an aromatic ring is 1. The van der Waals surface area contributed by atoms with Gasteiger partial charge in [0.1, 0.15) is 11.4 Å². The van der Waals surface area contributed by atoms with Gasteiger partial charge in [0.15, 0.2) is 5.75 Å². The molecule has 0 fully saturated rings. The molecule has 0 aliphatic rings. The van der Waals surface area contributed by atoms with Crippen molar-refractivity contribution in [3.05, 3.63) is 51.3 Å². The second kappa shape index (κ2) is 5.15. The molecule has 0 saturated carbocycles. The average molecular weight is 317 g/mol. The molecule has 22 heavy (non-hydrogen) atoms. The van der Waals surface area contributed by atoms with Crippen LogP contribution in [0.15, 0.2) is 34.6 Å². The van der Waals surface area contributed by atoms with Crippen LogP contribution in [0.2, 0.25) is 0 Å². The number of nitrogens with zero attached hydrogens (tertiary/aromatic N) is 2. The lowest BCUT2D eigenvalue weighted by atomic mass is 10.2. The van der Waals surface area contributed by atoms with Gasteiger partial charge in [0.2, 0.25) is 0 Å². The number of hydrogen-bond acceptors (Lipinski definition) is 6. The first kappa shape index (κ1) is 14.1. The summed E-state index contributed by atoms with van der Waals surface area (Å²) in [6, 6.07) is 4.98. The quantitative estimate of drug-likeness (QED) is 0.673. The van der Waals surface area contributed by atoms with Crippen molar-refractivity contribution in [3.8, 4) is 5.75 Å². The van der Waals surface area contributed by atoms with Gasteiger partial charge in [-0.2, -0.15) is 0 Å². The Morgan fingerprint density at radius 3 is 2.77 bits per heavy atom. The van der Waals surface area contributed by atoms with E-state index in [1.807, 2.05) is 0 Å². The van der Waals surface area contributed by atoms with Gasteiger partial charge in [-0.3, -0.25) is 9.36 Å². The Labute approximate surface area is 127 Å². The number of nitrogens with two attached hydrogens (primary N) is 1. The van der Waals surface area contributed by atoms with E-state index in [-0.39, 0.29) is 12.1 Å². The van der Waals surface area contributed by atoms with E-state index >= 15 is 0 Å². The van der Waals surface area contributed by atoms with Crippen LogP contribution in [0.1, 0.15) is 15.9 Å². The average Bonchev–Trinajstić information content (AvgIpc) is 2.94. The zero-order chi connectivity index (χ0) is 15.9. The number of thiophene rings is 1. The first-order valence-electron chi connectivity index (χ1n) is 6.25. The van der Waals surface area contributed by atoms with E-state index in [2.05, 4.69) is 4.98 Å². The predicted molar refractivity (Wildman–Crippen MR) is 82.5 cm³/mol. The van der Waals surface area contributed by atoms with Crippen molar-refractivity contribution < 1.29 is 15.0 Å². The molecule has 4 N–H and O–H groups in total. The number of aromatic nitrogens is 2. The van der Waals surface area contributed by atoms with Crippen molar-refractivity contribution in [1.29, 1.82) is 0 Å². The molecule has 0 saturated heterocycles. The Kier molecular flexibility index (Phi) is 3.30. The van der Waals surface area contributed by atoms with Gasteiger partial charge < -0.3 is 15.9 Å². The van der Waals surface area contributed by atoms with E-state index in [1.54, 1.807) is 23.6 Å². The minimum absolute atomic E-state index is 0.160. The monoisotopic (exact) mass is 317 g/mol. The Morgan fingerprint density at radius 1 is 1.36 bits per heavy atom. The summed E-state index contributed by atoms with van der Waals surface area (Å²) in [6.45, 7) is 0.160. The molecule has 0 radical (unpaired) electrons. The number of rotatable bonds is 3. The Morgan fingerprint density at radius 2 is 2.14 bits per heavy atom. The molecule has 8 heteroatoms. The van der Waals surface area contributed by atoms with Gasteiger partial charge in [0.05, 0.1) is 16.8 Å². The van der Waals surface area contributed by atoms with Crippen LogP contribution in [-0.4, -0.2) is 25.7 Å². The van der Waals surface area contributed by atoms with Gasteiger partial charge >= 0.3 is 5.97 Å². The van der Waals surface area contributed by atoms with Gasteiger partial charge in [-0.15, -0.1) is 11.3 Å². The lowest BCUT2D eigenvalue weighted by Crippen LogP contribution is -2.23. The SMILES string of the molecule is Nc1ccc(Cn2c(=O)c(O)c(C(=O)O)c3sccc32)cn1. The molecule has 0 amide bonds. The second-order valence-corrected chi connectivity index (χ2v) is 5.56. The molecule has 0 bridgehead atoms. The fourth-order valence-corrected chi connectivity index (χ4v) is 3.16. The van der Waals surface area contributed by atoms with Crippen LogP contribution in [0.4, 0.5) is 5.82 Å². The maximum absolute atomic E-state index is 12.3. The van der Waals surface area contributed by atoms with Gasteiger partial charge in [0.25, 0.3) is 5.56 Å². The number of anilines is 1. The highest BCUT2D eigenvalue weighted by molar-refractivity contribution is 7.17. The van der Waals surface area contributed by atoms with E-state index in [9.17, 15) is 19.8 Å². The molecule has 3 rings (SSSR count). The lowest BCUT2D eigenvalue weighted by Gasteiger charge is -2.11. The second-order valence-electron chi connectivity index (χ2n) is 4.65. The van der Waals surface area contributed by atoms with Crippen LogP contribution in [0, 0.1) is 0 Å². The number of carboxylic acid groups (broad SMARTS) is 1. The van der Waals surface area contributed by atoms with Crippen molar-refractivity contribution in [1.82, 2.24) is 9.55 Å². The first-order valence-corrected chi connectivity index (χ1v) is 7.13. The lowest BCUT2D eigenvalue weighted by molar-refractivity contribution is 0.0695. The van der Waals surface area contributed by atoms with E-state index in [0.717, 1.165) is 11.3 Å². The van der Waals surface area contributed by atoms with E-state index in [1.165, 1.54) is 10.8 Å². The summed E-state index contributed by atoms with van der Waals surface area (Å²) in [6.07, 6.45) is 1.53. The fraction of sp³-hybridized carbons (Fsp3) is 0.0714. The number of hydrogen-bond donors (Lipinski definition) is 3. The summed E-state index contributed by atoms with van der Waals surface area (Å²) in [5, 5.41) is 20.8. The van der Waals surface area contributed by atoms with Crippen LogP contribution in [0.5, 0.6) is 5.75 Å². The van der Waals surface area contributed by atoms with Gasteiger partial charge in [-0.1, -0.05) is 6.07 Å². The number of pyridine rings is 2. The number of carboxylic acids is 1. The highest BCUT2D eigenvalue weighted by Crippen LogP contribution is 2.29. The third kappa shape index (κ3) is 2.19. The molecular weight excluding hydrogens is 306 g/mol. The summed E-state index contributed by atoms with van der Waals surface area (Å²) in [5.41, 5.74) is 5.58. The number of carbonyl (C=O) groups is 1. The summed E-state index contributed by atoms with van der Waals surface area (Å²) >= 11 is 1.16. The Bertz CT molecular complexity index is 928. The number of fused-ring (bicyclic) bond motifs is 1. The van der Waals surface area contributed by atoms with Crippen molar-refractivity contribution in [2.75, 3.05) is 5.73 Å². The zero-order valence-corrected chi connectivity index (χ0v) is 12.0. The molecule has 3 aromatic heterocycles. The summed E-state index contributed by atoms with van der Waals surface area (Å²) in [5.74, 6) is -1.73. The highest BCUT2D eigenvalue weighted by Gasteiger charge is 2.22. The van der Waals surface area contributed by atoms with Crippen LogP contribution in [0.25, 0.3) is 10.2 Å². The molecule has 7 nitrogen and oxygen atoms in total. The van der Waals surface area contributed by atoms with Gasteiger partial charge in [-0.25, -0.2) is 9.78 Å². The largest absolute Gasteiger partial charge is 0.502 e. The van der Waals surface area contributed by atoms with E-state index in [4.69, 9.17) is 5.73 Å². The third-order valence-corrected chi connectivity index (χ3v) is 4.17. The van der Waals surface area contributed by atoms with Crippen LogP contribution >= 0.6 is 11.3 Å². The molecule has 0 aliphatic carbocycles. The van der Waals surface area contributed by atoms with E-state index in [0.29, 0.717) is 21.6 Å². The summed E-state index contributed by atoms with van der Waals surface area (Å²) in [4.78, 5) is 27.5. The smallest absolute Gasteiger partial charge is 0.341 e. The van der Waals surface area contributed by atoms with Crippen molar-refractivity contribution >= 4 is 33.3 Å². The molecule has 0 unspecified atom stereocenters. The molecular formula is C14H11N3O4S. The Balaban J connectivity index is 2.22. The maximum Gasteiger partial charge on any atom is 0.341 e. The third-order valence-electron chi connectivity index (χ3n) is 3.25. The van der Waals surface area contributed by atoms with Crippen LogP contribution in [-0.2, 0) is 6.54 Å². The van der Waals surface area contributed by atoms with Gasteiger partial charge in [-0.05, 0) is 23.1 Å². The summed E-state index contributed by atoms with van der Waals surface area (Å²) in [7, 11) is 0. The van der Waals surface area contributed by atoms with Crippen LogP contribution < -0.4 is 11.3 Å². The number of aromatic hydroxyl groups is 1. The predicted octanol–water partition coefficient (Wildman–Crippen LogP) is 1.49. The van der Waals surface area contributed by atoms with Crippen molar-refractivity contribution in [2.24, 2.45) is 0 Å². The summed E-state index contributed by atoms with van der Waals surface area (Å²) < 4.78 is 1.67. The molecule has 0 spiro atoms. The highest BCUT2D eigenvalue weighted by atomic mass is 32.1. The van der Waals surface area contributed by atoms with Crippen molar-refractivity contribution in [2.45, 2.75) is 6.54 Å². The molecule has 0 aliphatic heterocycles. The maximum atomic E-state index is 12.3. The normalized spacial score (nSPS) is 10.9. The fourth-order valence-electron chi connectivity index (χ4n) is 2.22. The standard InChI is InChI=1S/C14H11N3O4S/c15-9-2-1-7(5-16-9)6-17-8-3-4-22-12(8)10(14(20)21)11(18)13(17)19/h1-5,18H,6H2,(H2,15,16)(H,20,21). The topological polar surface area (TPSA) is 118 Å². The van der Waals surface area contributed by atoms with E-state index < -0.39 is 17.3 Å². The molecule has 3 heterocycles. The minimum atomic E-state index is -1.33. The molecule has 0 aromatic carbocycles. The number of aromatic carboxylic acids is 1. The molecule has 0 atom stereocenters. The first-order chi connectivity index (χ1) is 10.5. The van der Waals surface area contributed by atoms with Crippen molar-refractivity contribution in [3.63, 3.8) is 0 Å².